The van der Waals surface area contributed by atoms with Crippen molar-refractivity contribution >= 4 is 54.3 Å². The average molecular weight is 663 g/mol. The molecule has 11 rings (SSSR count). The minimum atomic E-state index is -0.233. The minimum Gasteiger partial charge on any atom is -0.455 e. The lowest BCUT2D eigenvalue weighted by atomic mass is 9.76. The number of hydrogen-bond acceptors (Lipinski definition) is 1. The Morgan fingerprint density at radius 3 is 1.75 bits per heavy atom. The maximum Gasteiger partial charge on any atom is 0.143 e. The van der Waals surface area contributed by atoms with Crippen molar-refractivity contribution in [2.75, 3.05) is 0 Å². The molecule has 0 saturated carbocycles. The molecule has 244 valence electrons. The van der Waals surface area contributed by atoms with Gasteiger partial charge < -0.3 is 4.42 Å². The first-order valence-corrected chi connectivity index (χ1v) is 18.2. The van der Waals surface area contributed by atoms with Crippen LogP contribution in [0.3, 0.4) is 0 Å². The van der Waals surface area contributed by atoms with Gasteiger partial charge in [-0.2, -0.15) is 0 Å². The summed E-state index contributed by atoms with van der Waals surface area (Å²) in [6.07, 6.45) is 0. The summed E-state index contributed by atoms with van der Waals surface area (Å²) in [5, 5.41) is 9.76. The van der Waals surface area contributed by atoms with E-state index in [2.05, 4.69) is 184 Å². The highest BCUT2D eigenvalue weighted by Crippen LogP contribution is 2.57. The van der Waals surface area contributed by atoms with Gasteiger partial charge in [0.15, 0.2) is 0 Å². The van der Waals surface area contributed by atoms with Crippen molar-refractivity contribution < 1.29 is 4.42 Å². The first kappa shape index (κ1) is 29.3. The van der Waals surface area contributed by atoms with Crippen molar-refractivity contribution in [3.63, 3.8) is 0 Å². The van der Waals surface area contributed by atoms with Gasteiger partial charge in [-0.15, -0.1) is 0 Å². The Morgan fingerprint density at radius 2 is 0.981 bits per heavy atom. The fourth-order valence-corrected chi connectivity index (χ4v) is 9.29. The van der Waals surface area contributed by atoms with Crippen LogP contribution in [0.1, 0.15) is 25.0 Å². The van der Waals surface area contributed by atoms with Gasteiger partial charge in [0, 0.05) is 27.3 Å². The molecule has 0 fully saturated rings. The lowest BCUT2D eigenvalue weighted by Crippen LogP contribution is -2.16. The van der Waals surface area contributed by atoms with Crippen LogP contribution >= 0.6 is 0 Å². The minimum absolute atomic E-state index is 0.233. The summed E-state index contributed by atoms with van der Waals surface area (Å²) in [7, 11) is 0. The summed E-state index contributed by atoms with van der Waals surface area (Å²) in [5.41, 5.74) is 14.3. The van der Waals surface area contributed by atoms with E-state index in [4.69, 9.17) is 4.42 Å². The fourth-order valence-electron chi connectivity index (χ4n) is 9.29. The predicted octanol–water partition coefficient (Wildman–Crippen LogP) is 14.4. The van der Waals surface area contributed by atoms with E-state index in [0.29, 0.717) is 0 Å². The summed E-state index contributed by atoms with van der Waals surface area (Å²) < 4.78 is 6.96. The molecule has 0 atom stereocenters. The molecular formula is C51H34O. The van der Waals surface area contributed by atoms with Gasteiger partial charge in [-0.3, -0.25) is 0 Å². The van der Waals surface area contributed by atoms with E-state index >= 15 is 0 Å². The zero-order chi connectivity index (χ0) is 34.6. The molecule has 1 heterocycles. The zero-order valence-corrected chi connectivity index (χ0v) is 29.1. The monoisotopic (exact) mass is 662 g/mol. The van der Waals surface area contributed by atoms with Gasteiger partial charge in [0.25, 0.3) is 0 Å². The Hall–Kier alpha value is -6.44. The van der Waals surface area contributed by atoms with Crippen LogP contribution in [0.4, 0.5) is 0 Å². The van der Waals surface area contributed by atoms with Crippen molar-refractivity contribution in [3.05, 3.63) is 181 Å². The molecule has 0 N–H and O–H groups in total. The summed E-state index contributed by atoms with van der Waals surface area (Å²) in [6.45, 7) is 4.76. The molecule has 1 aliphatic rings. The number of para-hydroxylation sites is 1. The molecule has 1 aliphatic carbocycles. The van der Waals surface area contributed by atoms with Gasteiger partial charge in [-0.05, 0) is 101 Å². The van der Waals surface area contributed by atoms with E-state index < -0.39 is 0 Å². The highest BCUT2D eigenvalue weighted by Gasteiger charge is 2.40. The molecule has 0 bridgehead atoms. The molecule has 10 aromatic rings. The molecule has 0 amide bonds. The molecule has 9 aromatic carbocycles. The number of furan rings is 1. The van der Waals surface area contributed by atoms with Crippen LogP contribution in [-0.2, 0) is 5.41 Å². The van der Waals surface area contributed by atoms with Crippen LogP contribution in [0.15, 0.2) is 174 Å². The third-order valence-corrected chi connectivity index (χ3v) is 11.6. The summed E-state index contributed by atoms with van der Waals surface area (Å²) in [5.74, 6) is 0. The van der Waals surface area contributed by atoms with Gasteiger partial charge in [0.1, 0.15) is 11.2 Å². The van der Waals surface area contributed by atoms with Crippen molar-refractivity contribution in [2.45, 2.75) is 19.3 Å². The van der Waals surface area contributed by atoms with Crippen molar-refractivity contribution in [3.8, 4) is 44.5 Å². The van der Waals surface area contributed by atoms with Gasteiger partial charge in [0.05, 0.1) is 0 Å². The molecule has 1 nitrogen and oxygen atoms in total. The van der Waals surface area contributed by atoms with E-state index in [9.17, 15) is 0 Å². The average Bonchev–Trinajstić information content (AvgIpc) is 3.68. The van der Waals surface area contributed by atoms with Crippen LogP contribution in [-0.4, -0.2) is 0 Å². The maximum atomic E-state index is 6.96. The Kier molecular flexibility index (Phi) is 6.08. The predicted molar refractivity (Wildman–Crippen MR) is 220 cm³/mol. The molecule has 1 aromatic heterocycles. The van der Waals surface area contributed by atoms with Crippen LogP contribution < -0.4 is 0 Å². The first-order valence-electron chi connectivity index (χ1n) is 18.2. The van der Waals surface area contributed by atoms with Crippen LogP contribution in [0.25, 0.3) is 98.8 Å². The van der Waals surface area contributed by atoms with Gasteiger partial charge in [0.2, 0.25) is 0 Å². The van der Waals surface area contributed by atoms with Gasteiger partial charge in [-0.1, -0.05) is 159 Å². The largest absolute Gasteiger partial charge is 0.455 e. The molecule has 1 heteroatoms. The molecule has 0 spiro atoms. The van der Waals surface area contributed by atoms with E-state index in [1.165, 1.54) is 88.0 Å². The highest BCUT2D eigenvalue weighted by atomic mass is 16.3. The molecule has 0 aliphatic heterocycles. The second-order valence-electron chi connectivity index (χ2n) is 14.8. The van der Waals surface area contributed by atoms with Crippen molar-refractivity contribution in [1.29, 1.82) is 0 Å². The van der Waals surface area contributed by atoms with Gasteiger partial charge in [-0.25, -0.2) is 0 Å². The summed E-state index contributed by atoms with van der Waals surface area (Å²) >= 11 is 0. The van der Waals surface area contributed by atoms with E-state index in [1.54, 1.807) is 0 Å². The van der Waals surface area contributed by atoms with E-state index in [0.717, 1.165) is 21.9 Å². The molecular weight excluding hydrogens is 629 g/mol. The Morgan fingerprint density at radius 1 is 0.385 bits per heavy atom. The number of rotatable bonds is 3. The normalized spacial score (nSPS) is 13.3. The fraction of sp³-hybridized carbons (Fsp3) is 0.0588. The number of benzene rings is 9. The number of hydrogen-bond donors (Lipinski definition) is 0. The second kappa shape index (κ2) is 10.8. The molecule has 0 saturated heterocycles. The maximum absolute atomic E-state index is 6.96. The molecule has 52 heavy (non-hydrogen) atoms. The lowest BCUT2D eigenvalue weighted by Gasteiger charge is -2.26. The zero-order valence-electron chi connectivity index (χ0n) is 29.1. The number of fused-ring (bicyclic) bond motifs is 9. The smallest absolute Gasteiger partial charge is 0.143 e. The molecule has 0 radical (unpaired) electrons. The standard InChI is InChI=1S/C51H34O/c1-51(2)44-24-11-9-18-36(44)42-30-43-37-19-10-12-25-45(37)52-50(43)48(49(42)51)47-40-22-7-5-20-38(40)46(39-21-6-8-23-41(39)47)35-17-13-16-33(29-35)34-27-26-31-14-3-4-15-32(31)28-34/h3-30H,1-2H3. The van der Waals surface area contributed by atoms with Gasteiger partial charge >= 0.3 is 0 Å². The topological polar surface area (TPSA) is 13.1 Å². The third-order valence-electron chi connectivity index (χ3n) is 11.6. The summed E-state index contributed by atoms with van der Waals surface area (Å²) in [4.78, 5) is 0. The molecule has 0 unspecified atom stereocenters. The van der Waals surface area contributed by atoms with E-state index in [1.807, 2.05) is 0 Å². The second-order valence-corrected chi connectivity index (χ2v) is 14.8. The highest BCUT2D eigenvalue weighted by molar-refractivity contribution is 6.26. The third kappa shape index (κ3) is 4.05. The van der Waals surface area contributed by atoms with E-state index in [-0.39, 0.29) is 5.41 Å². The van der Waals surface area contributed by atoms with Crippen molar-refractivity contribution in [1.82, 2.24) is 0 Å². The Labute approximate surface area is 302 Å². The van der Waals surface area contributed by atoms with Crippen LogP contribution in [0.5, 0.6) is 0 Å². The SMILES string of the molecule is CC1(C)c2ccccc2-c2cc3c(oc4ccccc43)c(-c3c4ccccc4c(-c4cccc(-c5ccc6ccccc6c5)c4)c4ccccc34)c21. The Balaban J connectivity index is 1.25. The van der Waals surface area contributed by atoms with Crippen molar-refractivity contribution in [2.24, 2.45) is 0 Å². The Bertz CT molecular complexity index is 3040. The quantitative estimate of drug-likeness (QED) is 0.172. The summed E-state index contributed by atoms with van der Waals surface area (Å²) in [6, 6.07) is 62.3. The first-order chi connectivity index (χ1) is 25.6. The van der Waals surface area contributed by atoms with Crippen LogP contribution in [0.2, 0.25) is 0 Å². The van der Waals surface area contributed by atoms with Crippen LogP contribution in [0, 0.1) is 0 Å². The lowest BCUT2D eigenvalue weighted by molar-refractivity contribution is 0.650.